The highest BCUT2D eigenvalue weighted by Gasteiger charge is 2.10. The first-order valence-corrected chi connectivity index (χ1v) is 6.84. The van der Waals surface area contributed by atoms with E-state index < -0.39 is 0 Å². The van der Waals surface area contributed by atoms with Gasteiger partial charge in [-0.05, 0) is 13.8 Å². The van der Waals surface area contributed by atoms with Crippen molar-refractivity contribution in [1.82, 2.24) is 24.3 Å². The topological polar surface area (TPSA) is 74.6 Å². The molecule has 0 spiro atoms. The summed E-state index contributed by atoms with van der Waals surface area (Å²) in [6.07, 6.45) is 3.76. The van der Waals surface area contributed by atoms with E-state index in [1.54, 1.807) is 11.8 Å². The molecule has 0 saturated carbocycles. The number of nitrogens with two attached hydrogens (primary N) is 1. The van der Waals surface area contributed by atoms with Crippen molar-refractivity contribution in [3.8, 4) is 0 Å². The molecule has 0 atom stereocenters. The summed E-state index contributed by atoms with van der Waals surface area (Å²) in [5.41, 5.74) is 6.76. The number of thioether (sulfide) groups is 1. The monoisotopic (exact) mass is 338 g/mol. The Hall–Kier alpha value is -0.760. The summed E-state index contributed by atoms with van der Waals surface area (Å²) in [7, 11) is 1.93. The minimum atomic E-state index is 0. The zero-order chi connectivity index (χ0) is 13.1. The Morgan fingerprint density at radius 3 is 2.55 bits per heavy atom. The van der Waals surface area contributed by atoms with Crippen molar-refractivity contribution in [2.24, 2.45) is 12.8 Å². The number of nitrogens with zero attached hydrogens (tertiary/aromatic N) is 5. The summed E-state index contributed by atoms with van der Waals surface area (Å²) >= 11 is 1.65. The predicted octanol–water partition coefficient (Wildman–Crippen LogP) is 2.19. The van der Waals surface area contributed by atoms with Crippen LogP contribution >= 0.6 is 36.6 Å². The second kappa shape index (κ2) is 8.51. The molecule has 0 amide bonds. The number of halogens is 2. The third-order valence-corrected chi connectivity index (χ3v) is 3.81. The smallest absolute Gasteiger partial charge is 0.191 e. The van der Waals surface area contributed by atoms with Gasteiger partial charge in [-0.2, -0.15) is 0 Å². The van der Waals surface area contributed by atoms with Crippen molar-refractivity contribution in [2.75, 3.05) is 0 Å². The molecule has 6 nitrogen and oxygen atoms in total. The molecular weight excluding hydrogens is 319 g/mol. The van der Waals surface area contributed by atoms with E-state index in [-0.39, 0.29) is 24.8 Å². The summed E-state index contributed by atoms with van der Waals surface area (Å²) in [4.78, 5) is 4.19. The first-order valence-electron chi connectivity index (χ1n) is 5.85. The van der Waals surface area contributed by atoms with Crippen LogP contribution in [0.25, 0.3) is 0 Å². The van der Waals surface area contributed by atoms with Crippen LogP contribution in [0.15, 0.2) is 17.7 Å². The summed E-state index contributed by atoms with van der Waals surface area (Å²) in [6, 6.07) is 0.419. The third kappa shape index (κ3) is 4.12. The highest BCUT2D eigenvalue weighted by molar-refractivity contribution is 7.98. The standard InChI is InChI=1S/C11H18N6S.2ClH/c1-8(2)17-7-13-5-9(17)6-18-11-15-14-10(4-12)16(11)3;;/h5,7-8H,4,6,12H2,1-3H3;2*1H. The van der Waals surface area contributed by atoms with Gasteiger partial charge >= 0.3 is 0 Å². The third-order valence-electron chi connectivity index (χ3n) is 2.76. The Morgan fingerprint density at radius 2 is 2.00 bits per heavy atom. The molecule has 2 rings (SSSR count). The number of hydrogen-bond donors (Lipinski definition) is 1. The lowest BCUT2D eigenvalue weighted by atomic mass is 10.4. The SMILES string of the molecule is CC(C)n1cncc1CSc1nnc(CN)n1C.Cl.Cl. The maximum absolute atomic E-state index is 5.57. The molecule has 9 heteroatoms. The van der Waals surface area contributed by atoms with Gasteiger partial charge in [0.1, 0.15) is 5.82 Å². The summed E-state index contributed by atoms with van der Waals surface area (Å²) < 4.78 is 4.09. The molecule has 0 fully saturated rings. The van der Waals surface area contributed by atoms with Gasteiger partial charge in [-0.1, -0.05) is 11.8 Å². The normalized spacial score (nSPS) is 10.2. The number of aromatic nitrogens is 5. The summed E-state index contributed by atoms with van der Waals surface area (Å²) in [5, 5.41) is 9.04. The molecular formula is C11H20Cl2N6S. The van der Waals surface area contributed by atoms with E-state index in [4.69, 9.17) is 5.73 Å². The molecule has 0 saturated heterocycles. The lowest BCUT2D eigenvalue weighted by molar-refractivity contribution is 0.583. The van der Waals surface area contributed by atoms with E-state index in [0.717, 1.165) is 16.7 Å². The quantitative estimate of drug-likeness (QED) is 0.845. The Bertz CT molecular complexity index is 525. The van der Waals surface area contributed by atoms with Gasteiger partial charge in [0.25, 0.3) is 0 Å². The molecule has 0 bridgehead atoms. The second-order valence-corrected chi connectivity index (χ2v) is 5.28. The second-order valence-electron chi connectivity index (χ2n) is 4.34. The van der Waals surface area contributed by atoms with Crippen LogP contribution in [0, 0.1) is 0 Å². The maximum Gasteiger partial charge on any atom is 0.191 e. The maximum atomic E-state index is 5.57. The molecule has 2 heterocycles. The van der Waals surface area contributed by atoms with Crippen LogP contribution in [0.3, 0.4) is 0 Å². The summed E-state index contributed by atoms with van der Waals surface area (Å²) in [5.74, 6) is 1.63. The van der Waals surface area contributed by atoms with Crippen molar-refractivity contribution in [1.29, 1.82) is 0 Å². The molecule has 0 radical (unpaired) electrons. The molecule has 0 aromatic carbocycles. The Kier molecular flexibility index (Phi) is 8.19. The fraction of sp³-hybridized carbons (Fsp3) is 0.545. The first kappa shape index (κ1) is 19.2. The van der Waals surface area contributed by atoms with Gasteiger partial charge in [0.05, 0.1) is 12.9 Å². The lowest BCUT2D eigenvalue weighted by Crippen LogP contribution is -2.06. The minimum Gasteiger partial charge on any atom is -0.331 e. The van der Waals surface area contributed by atoms with Gasteiger partial charge in [0.2, 0.25) is 0 Å². The van der Waals surface area contributed by atoms with Crippen molar-refractivity contribution < 1.29 is 0 Å². The zero-order valence-corrected chi connectivity index (χ0v) is 14.1. The van der Waals surface area contributed by atoms with E-state index >= 15 is 0 Å². The molecule has 20 heavy (non-hydrogen) atoms. The molecule has 2 aromatic heterocycles. The van der Waals surface area contributed by atoms with Crippen molar-refractivity contribution in [3.63, 3.8) is 0 Å². The highest BCUT2D eigenvalue weighted by Crippen LogP contribution is 2.22. The van der Waals surface area contributed by atoms with E-state index in [1.807, 2.05) is 24.1 Å². The van der Waals surface area contributed by atoms with E-state index in [1.165, 1.54) is 5.69 Å². The number of hydrogen-bond acceptors (Lipinski definition) is 5. The molecule has 0 aliphatic heterocycles. The van der Waals surface area contributed by atoms with Crippen LogP contribution in [0.1, 0.15) is 31.4 Å². The van der Waals surface area contributed by atoms with E-state index in [9.17, 15) is 0 Å². The Labute approximate surface area is 135 Å². The Morgan fingerprint density at radius 1 is 1.30 bits per heavy atom. The van der Waals surface area contributed by atoms with Gasteiger partial charge in [0, 0.05) is 30.7 Å². The molecule has 0 aliphatic carbocycles. The van der Waals surface area contributed by atoms with Crippen LogP contribution in [-0.4, -0.2) is 24.3 Å². The van der Waals surface area contributed by atoms with Crippen molar-refractivity contribution in [3.05, 3.63) is 24.0 Å². The lowest BCUT2D eigenvalue weighted by Gasteiger charge is -2.11. The average Bonchev–Trinajstić information content (AvgIpc) is 2.93. The highest BCUT2D eigenvalue weighted by atomic mass is 35.5. The summed E-state index contributed by atoms with van der Waals surface area (Å²) in [6.45, 7) is 4.70. The molecule has 0 unspecified atom stereocenters. The van der Waals surface area contributed by atoms with E-state index in [2.05, 4.69) is 33.6 Å². The fourth-order valence-electron chi connectivity index (χ4n) is 1.70. The van der Waals surface area contributed by atoms with Crippen LogP contribution in [0.5, 0.6) is 0 Å². The van der Waals surface area contributed by atoms with Gasteiger partial charge in [-0.25, -0.2) is 4.98 Å². The van der Waals surface area contributed by atoms with E-state index in [0.29, 0.717) is 12.6 Å². The van der Waals surface area contributed by atoms with Crippen molar-refractivity contribution in [2.45, 2.75) is 37.3 Å². The first-order chi connectivity index (χ1) is 8.63. The Balaban J connectivity index is 0.00000180. The van der Waals surface area contributed by atoms with Gasteiger partial charge in [-0.15, -0.1) is 35.0 Å². The van der Waals surface area contributed by atoms with Gasteiger partial charge < -0.3 is 14.9 Å². The van der Waals surface area contributed by atoms with Crippen molar-refractivity contribution >= 4 is 36.6 Å². The largest absolute Gasteiger partial charge is 0.331 e. The molecule has 0 aliphatic rings. The minimum absolute atomic E-state index is 0. The van der Waals surface area contributed by atoms with Crippen LogP contribution in [-0.2, 0) is 19.3 Å². The molecule has 2 aromatic rings. The van der Waals surface area contributed by atoms with Gasteiger partial charge in [0.15, 0.2) is 5.16 Å². The molecule has 2 N–H and O–H groups in total. The number of imidazole rings is 1. The predicted molar refractivity (Wildman–Crippen MR) is 85.6 cm³/mol. The van der Waals surface area contributed by atoms with Crippen LogP contribution in [0.4, 0.5) is 0 Å². The fourth-order valence-corrected chi connectivity index (χ4v) is 2.59. The number of rotatable bonds is 5. The van der Waals surface area contributed by atoms with Gasteiger partial charge in [-0.3, -0.25) is 0 Å². The van der Waals surface area contributed by atoms with Crippen LogP contribution < -0.4 is 5.73 Å². The van der Waals surface area contributed by atoms with Crippen LogP contribution in [0.2, 0.25) is 0 Å². The average molecular weight is 339 g/mol. The molecule has 114 valence electrons. The zero-order valence-electron chi connectivity index (χ0n) is 11.7.